The second kappa shape index (κ2) is 10.3. The summed E-state index contributed by atoms with van der Waals surface area (Å²) in [6, 6.07) is 17.5. The van der Waals surface area contributed by atoms with Crippen LogP contribution >= 0.6 is 0 Å². The van der Waals surface area contributed by atoms with Crippen LogP contribution in [0.2, 0.25) is 5.21 Å². The standard InChI is InChI=1S/C32H21AsF12O3/c34-29(35,36)27(30(37,38)39)22-15-7-9-17-24(22)33(47-27,19-26(46,20-11-3-1-4-12-20)21-13-5-2-6-14-21)25-18-10-8-16-23(25)28(48-33,31(40,41)42)32(43,44)45/h1-18,46H,19H2. The molecule has 0 aromatic heterocycles. The number of aliphatic hydroxyl groups is 1. The van der Waals surface area contributed by atoms with Gasteiger partial charge in [0.15, 0.2) is 0 Å². The van der Waals surface area contributed by atoms with Gasteiger partial charge in [0.2, 0.25) is 0 Å². The Morgan fingerprint density at radius 3 is 1.06 bits per heavy atom. The topological polar surface area (TPSA) is 38.7 Å². The van der Waals surface area contributed by atoms with Gasteiger partial charge >= 0.3 is 265 Å². The summed E-state index contributed by atoms with van der Waals surface area (Å²) in [7, 11) is 0. The molecular weight excluding hydrogens is 735 g/mol. The minimum atomic E-state index is -8.15. The van der Waals surface area contributed by atoms with Crippen molar-refractivity contribution in [3.05, 3.63) is 131 Å². The van der Waals surface area contributed by atoms with E-state index in [1.54, 1.807) is 0 Å². The molecule has 16 heteroatoms. The molecule has 3 nitrogen and oxygen atoms in total. The molecule has 48 heavy (non-hydrogen) atoms. The first-order chi connectivity index (χ1) is 22.1. The summed E-state index contributed by atoms with van der Waals surface area (Å²) in [6.45, 7) is 0. The van der Waals surface area contributed by atoms with Crippen LogP contribution in [0.3, 0.4) is 0 Å². The SMILES string of the molecule is OC(C[As]12(OC(C(F)(F)F)(C(F)(F)F)c3ccccc31)OC(C(F)(F)F)(C(F)(F)F)c1ccccc12)(c1ccccc1)c1ccccc1. The van der Waals surface area contributed by atoms with Crippen molar-refractivity contribution in [2.75, 3.05) is 0 Å². The van der Waals surface area contributed by atoms with Gasteiger partial charge in [0.25, 0.3) is 0 Å². The van der Waals surface area contributed by atoms with E-state index in [1.165, 1.54) is 60.7 Å². The number of alkyl halides is 12. The van der Waals surface area contributed by atoms with Gasteiger partial charge in [-0.05, 0) is 0 Å². The summed E-state index contributed by atoms with van der Waals surface area (Å²) in [4.78, 5) is 0. The quantitative estimate of drug-likeness (QED) is 0.171. The van der Waals surface area contributed by atoms with Crippen molar-refractivity contribution >= 4 is 21.8 Å². The normalized spacial score (nSPS) is 20.5. The fourth-order valence-electron chi connectivity index (χ4n) is 6.92. The molecule has 2 aliphatic rings. The van der Waals surface area contributed by atoms with E-state index in [1.807, 2.05) is 0 Å². The molecule has 0 saturated heterocycles. The van der Waals surface area contributed by atoms with Crippen LogP contribution in [0.15, 0.2) is 109 Å². The number of halogens is 12. The summed E-state index contributed by atoms with van der Waals surface area (Å²) in [6.07, 6.45) is -26.1. The summed E-state index contributed by atoms with van der Waals surface area (Å²) in [5.41, 5.74) is -18.0. The predicted molar refractivity (Wildman–Crippen MR) is 148 cm³/mol. The van der Waals surface area contributed by atoms with Crippen LogP contribution < -0.4 is 8.70 Å². The molecule has 0 amide bonds. The molecule has 2 aliphatic heterocycles. The molecule has 0 saturated carbocycles. The summed E-state index contributed by atoms with van der Waals surface area (Å²) >= 11 is -8.15. The van der Waals surface area contributed by atoms with Crippen LogP contribution in [-0.2, 0) is 24.3 Å². The third-order valence-corrected chi connectivity index (χ3v) is 19.5. The van der Waals surface area contributed by atoms with Crippen LogP contribution in [0.4, 0.5) is 52.7 Å². The van der Waals surface area contributed by atoms with E-state index in [0.717, 1.165) is 12.1 Å². The second-order valence-electron chi connectivity index (χ2n) is 11.4. The van der Waals surface area contributed by atoms with E-state index in [9.17, 15) is 5.11 Å². The molecule has 0 radical (unpaired) electrons. The molecule has 0 aliphatic carbocycles. The summed E-state index contributed by atoms with van der Waals surface area (Å²) < 4.78 is 189. The molecule has 0 bridgehead atoms. The predicted octanol–water partition coefficient (Wildman–Crippen LogP) is 7.83. The van der Waals surface area contributed by atoms with E-state index in [4.69, 9.17) is 7.45 Å². The third kappa shape index (κ3) is 4.23. The van der Waals surface area contributed by atoms with E-state index >= 15 is 52.7 Å². The zero-order chi connectivity index (χ0) is 35.3. The van der Waals surface area contributed by atoms with E-state index < -0.39 is 79.7 Å². The summed E-state index contributed by atoms with van der Waals surface area (Å²) in [5, 5.41) is 10.9. The van der Waals surface area contributed by atoms with Gasteiger partial charge in [0.05, 0.1) is 0 Å². The fourth-order valence-corrected chi connectivity index (χ4v) is 20.2. The Balaban J connectivity index is 1.88. The minimum absolute atomic E-state index is 0.285. The molecule has 2 heterocycles. The molecule has 0 fully saturated rings. The zero-order valence-electron chi connectivity index (χ0n) is 23.8. The first kappa shape index (κ1) is 34.3. The third-order valence-electron chi connectivity index (χ3n) is 8.82. The fraction of sp³-hybridized carbons (Fsp3) is 0.250. The Morgan fingerprint density at radius 2 is 0.750 bits per heavy atom. The van der Waals surface area contributed by atoms with Crippen molar-refractivity contribution in [1.82, 2.24) is 0 Å². The molecule has 256 valence electrons. The van der Waals surface area contributed by atoms with Crippen LogP contribution in [-0.4, -0.2) is 42.9 Å². The zero-order valence-corrected chi connectivity index (χ0v) is 25.7. The van der Waals surface area contributed by atoms with Crippen molar-refractivity contribution in [1.29, 1.82) is 0 Å². The van der Waals surface area contributed by atoms with Gasteiger partial charge in [-0.25, -0.2) is 0 Å². The van der Waals surface area contributed by atoms with Gasteiger partial charge in [-0.2, -0.15) is 0 Å². The van der Waals surface area contributed by atoms with Crippen LogP contribution in [0.1, 0.15) is 22.3 Å². The molecule has 6 rings (SSSR count). The van der Waals surface area contributed by atoms with Crippen LogP contribution in [0.5, 0.6) is 0 Å². The van der Waals surface area contributed by atoms with Gasteiger partial charge in [0.1, 0.15) is 0 Å². The van der Waals surface area contributed by atoms with E-state index in [2.05, 4.69) is 0 Å². The number of hydrogen-bond donors (Lipinski definition) is 1. The van der Waals surface area contributed by atoms with Crippen LogP contribution in [0, 0.1) is 0 Å². The van der Waals surface area contributed by atoms with E-state index in [0.29, 0.717) is 24.3 Å². The molecular formula is C32H21AsF12O3. The van der Waals surface area contributed by atoms with Gasteiger partial charge in [-0.1, -0.05) is 0 Å². The molecule has 1 N–H and O–H groups in total. The van der Waals surface area contributed by atoms with Crippen LogP contribution in [0.25, 0.3) is 0 Å². The molecule has 0 atom stereocenters. The van der Waals surface area contributed by atoms with Crippen molar-refractivity contribution in [2.24, 2.45) is 0 Å². The molecule has 4 aromatic carbocycles. The van der Waals surface area contributed by atoms with Crippen molar-refractivity contribution in [2.45, 2.75) is 46.7 Å². The van der Waals surface area contributed by atoms with Crippen molar-refractivity contribution < 1.29 is 65.2 Å². The number of rotatable bonds is 4. The van der Waals surface area contributed by atoms with E-state index in [-0.39, 0.29) is 23.3 Å². The first-order valence-electron chi connectivity index (χ1n) is 13.9. The van der Waals surface area contributed by atoms with Gasteiger partial charge in [-0.3, -0.25) is 0 Å². The Morgan fingerprint density at radius 1 is 0.458 bits per heavy atom. The maximum absolute atomic E-state index is 15.1. The Labute approximate surface area is 265 Å². The average Bonchev–Trinajstić information content (AvgIpc) is 3.45. The number of hydrogen-bond acceptors (Lipinski definition) is 3. The monoisotopic (exact) mass is 756 g/mol. The Kier molecular flexibility index (Phi) is 7.34. The molecule has 4 aromatic rings. The Bertz CT molecular complexity index is 1690. The average molecular weight is 756 g/mol. The van der Waals surface area contributed by atoms with Gasteiger partial charge in [0, 0.05) is 0 Å². The molecule has 1 spiro atoms. The number of fused-ring (bicyclic) bond motifs is 4. The number of benzene rings is 4. The Hall–Kier alpha value is -3.52. The van der Waals surface area contributed by atoms with Gasteiger partial charge < -0.3 is 0 Å². The first-order valence-corrected chi connectivity index (χ1v) is 18.6. The second-order valence-corrected chi connectivity index (χ2v) is 19.6. The molecule has 0 unspecified atom stereocenters. The van der Waals surface area contributed by atoms with Crippen molar-refractivity contribution in [3.8, 4) is 0 Å². The van der Waals surface area contributed by atoms with Crippen molar-refractivity contribution in [3.63, 3.8) is 0 Å². The van der Waals surface area contributed by atoms with Gasteiger partial charge in [-0.15, -0.1) is 0 Å². The maximum atomic E-state index is 15.1. The summed E-state index contributed by atoms with van der Waals surface area (Å²) in [5.74, 6) is 0.